The molecule has 0 saturated heterocycles. The number of rotatable bonds is 7. The van der Waals surface area contributed by atoms with E-state index in [0.717, 1.165) is 5.56 Å². The fourth-order valence-corrected chi connectivity index (χ4v) is 3.77. The van der Waals surface area contributed by atoms with Crippen molar-refractivity contribution in [1.82, 2.24) is 15.4 Å². The van der Waals surface area contributed by atoms with Crippen LogP contribution in [-0.2, 0) is 23.1 Å². The second-order valence-electron chi connectivity index (χ2n) is 6.54. The summed E-state index contributed by atoms with van der Waals surface area (Å²) in [5.74, 6) is -0.287. The molecule has 2 amide bonds. The van der Waals surface area contributed by atoms with Crippen LogP contribution in [0.3, 0.4) is 0 Å². The summed E-state index contributed by atoms with van der Waals surface area (Å²) >= 11 is 0. The third-order valence-electron chi connectivity index (χ3n) is 3.73. The lowest BCUT2D eigenvalue weighted by Gasteiger charge is -2.11. The van der Waals surface area contributed by atoms with Crippen molar-refractivity contribution in [3.63, 3.8) is 0 Å². The maximum atomic E-state index is 13.2. The van der Waals surface area contributed by atoms with Gasteiger partial charge in [0.2, 0.25) is 10.0 Å². The Morgan fingerprint density at radius 3 is 2.26 bits per heavy atom. The molecule has 2 aromatic rings. The van der Waals surface area contributed by atoms with Gasteiger partial charge in [-0.05, 0) is 55.7 Å². The molecule has 146 valence electrons. The molecule has 0 atom stereocenters. The number of sulfonamides is 1. The van der Waals surface area contributed by atoms with Crippen molar-refractivity contribution in [3.05, 3.63) is 65.0 Å². The molecule has 0 aliphatic rings. The van der Waals surface area contributed by atoms with Gasteiger partial charge in [0, 0.05) is 19.1 Å². The highest BCUT2D eigenvalue weighted by Gasteiger charge is 2.15. The number of hydrogen-bond donors (Lipinski definition) is 3. The average molecular weight is 393 g/mol. The molecule has 0 fully saturated rings. The number of amides is 2. The van der Waals surface area contributed by atoms with Crippen molar-refractivity contribution < 1.29 is 17.6 Å². The van der Waals surface area contributed by atoms with E-state index in [4.69, 9.17) is 0 Å². The molecule has 0 heterocycles. The van der Waals surface area contributed by atoms with E-state index in [0.29, 0.717) is 11.1 Å². The lowest BCUT2D eigenvalue weighted by molar-refractivity contribution is 0.240. The summed E-state index contributed by atoms with van der Waals surface area (Å²) in [5.41, 5.74) is 1.97. The summed E-state index contributed by atoms with van der Waals surface area (Å²) in [5, 5.41) is 5.36. The maximum absolute atomic E-state index is 13.2. The minimum Gasteiger partial charge on any atom is -0.334 e. The zero-order valence-electron chi connectivity index (χ0n) is 15.5. The molecule has 2 rings (SSSR count). The summed E-state index contributed by atoms with van der Waals surface area (Å²) < 4.78 is 40.2. The highest BCUT2D eigenvalue weighted by molar-refractivity contribution is 7.89. The van der Waals surface area contributed by atoms with Crippen LogP contribution in [0.5, 0.6) is 0 Å². The molecule has 2 aromatic carbocycles. The summed E-state index contributed by atoms with van der Waals surface area (Å²) in [7, 11) is -3.58. The highest BCUT2D eigenvalue weighted by atomic mass is 32.2. The molecule has 6 nitrogen and oxygen atoms in total. The number of hydrogen-bond acceptors (Lipinski definition) is 3. The minimum absolute atomic E-state index is 0.151. The topological polar surface area (TPSA) is 87.3 Å². The monoisotopic (exact) mass is 393 g/mol. The zero-order valence-corrected chi connectivity index (χ0v) is 16.4. The van der Waals surface area contributed by atoms with E-state index in [1.165, 1.54) is 18.2 Å². The second kappa shape index (κ2) is 8.96. The molecule has 0 bridgehead atoms. The molecule has 3 N–H and O–H groups in total. The third kappa shape index (κ3) is 6.33. The molecule has 8 heteroatoms. The Hall–Kier alpha value is -2.45. The van der Waals surface area contributed by atoms with Crippen LogP contribution in [0.1, 0.15) is 30.5 Å². The van der Waals surface area contributed by atoms with Crippen molar-refractivity contribution in [2.45, 2.75) is 44.8 Å². The zero-order chi connectivity index (χ0) is 20.0. The first-order valence-corrected chi connectivity index (χ1v) is 10.0. The van der Waals surface area contributed by atoms with Gasteiger partial charge in [-0.1, -0.05) is 24.3 Å². The van der Waals surface area contributed by atoms with Gasteiger partial charge in [-0.15, -0.1) is 0 Å². The quantitative estimate of drug-likeness (QED) is 0.676. The predicted octanol–water partition coefficient (Wildman–Crippen LogP) is 2.82. The van der Waals surface area contributed by atoms with E-state index in [9.17, 15) is 17.6 Å². The van der Waals surface area contributed by atoms with Crippen LogP contribution in [0.4, 0.5) is 9.18 Å². The van der Waals surface area contributed by atoms with E-state index < -0.39 is 16.1 Å². The molecule has 0 radical (unpaired) electrons. The summed E-state index contributed by atoms with van der Waals surface area (Å²) in [4.78, 5) is 12.1. The summed E-state index contributed by atoms with van der Waals surface area (Å²) in [6.07, 6.45) is 0. The predicted molar refractivity (Wildman–Crippen MR) is 102 cm³/mol. The molecule has 0 aliphatic heterocycles. The lowest BCUT2D eigenvalue weighted by atomic mass is 10.1. The number of nitrogens with one attached hydrogen (secondary N) is 3. The first-order valence-electron chi connectivity index (χ1n) is 8.55. The van der Waals surface area contributed by atoms with Crippen LogP contribution in [0.15, 0.2) is 47.4 Å². The Kier molecular flexibility index (Phi) is 6.92. The van der Waals surface area contributed by atoms with E-state index in [2.05, 4.69) is 15.4 Å². The van der Waals surface area contributed by atoms with Gasteiger partial charge in [0.25, 0.3) is 0 Å². The number of aryl methyl sites for hydroxylation is 1. The number of urea groups is 1. The standard InChI is InChI=1S/C19H24FN3O3S/c1-13(2)23-27(25,26)17-6-4-5-15(10-17)11-21-19(24)22-12-16-7-8-18(20)14(3)9-16/h4-10,13,23H,11-12H2,1-3H3,(H2,21,22,24). The molecule has 0 aliphatic carbocycles. The van der Waals surface area contributed by atoms with Crippen molar-refractivity contribution in [2.24, 2.45) is 0 Å². The van der Waals surface area contributed by atoms with Gasteiger partial charge in [0.05, 0.1) is 4.90 Å². The third-order valence-corrected chi connectivity index (χ3v) is 5.38. The second-order valence-corrected chi connectivity index (χ2v) is 8.26. The Bertz CT molecular complexity index is 914. The van der Waals surface area contributed by atoms with Crippen LogP contribution in [0, 0.1) is 12.7 Å². The number of halogens is 1. The molecular weight excluding hydrogens is 369 g/mol. The van der Waals surface area contributed by atoms with E-state index >= 15 is 0 Å². The minimum atomic E-state index is -3.58. The van der Waals surface area contributed by atoms with Gasteiger partial charge in [0.15, 0.2) is 0 Å². The van der Waals surface area contributed by atoms with E-state index in [1.807, 2.05) is 0 Å². The smallest absolute Gasteiger partial charge is 0.315 e. The van der Waals surface area contributed by atoms with Gasteiger partial charge >= 0.3 is 6.03 Å². The van der Waals surface area contributed by atoms with Crippen LogP contribution >= 0.6 is 0 Å². The van der Waals surface area contributed by atoms with Gasteiger partial charge < -0.3 is 10.6 Å². The van der Waals surface area contributed by atoms with Crippen molar-refractivity contribution in [3.8, 4) is 0 Å². The molecule has 0 aromatic heterocycles. The highest BCUT2D eigenvalue weighted by Crippen LogP contribution is 2.12. The van der Waals surface area contributed by atoms with Crippen molar-refractivity contribution >= 4 is 16.1 Å². The van der Waals surface area contributed by atoms with E-state index in [1.54, 1.807) is 45.0 Å². The van der Waals surface area contributed by atoms with Crippen molar-refractivity contribution in [2.75, 3.05) is 0 Å². The van der Waals surface area contributed by atoms with Crippen molar-refractivity contribution in [1.29, 1.82) is 0 Å². The molecule has 0 spiro atoms. The van der Waals surface area contributed by atoms with Crippen LogP contribution in [0.2, 0.25) is 0 Å². The fraction of sp³-hybridized carbons (Fsp3) is 0.316. The Labute approximate surface area is 159 Å². The molecule has 0 unspecified atom stereocenters. The van der Waals surface area contributed by atoms with Gasteiger partial charge in [-0.3, -0.25) is 0 Å². The normalized spacial score (nSPS) is 11.4. The molecule has 0 saturated carbocycles. The summed E-state index contributed by atoms with van der Waals surface area (Å²) in [6.45, 7) is 5.60. The number of carbonyl (C=O) groups is 1. The first-order chi connectivity index (χ1) is 12.7. The molecule has 27 heavy (non-hydrogen) atoms. The summed E-state index contributed by atoms with van der Waals surface area (Å²) in [6, 6.07) is 10.4. The first kappa shape index (κ1) is 20.9. The van der Waals surface area contributed by atoms with Crippen LogP contribution in [-0.4, -0.2) is 20.5 Å². The van der Waals surface area contributed by atoms with Gasteiger partial charge in [-0.25, -0.2) is 22.3 Å². The Morgan fingerprint density at radius 1 is 1.04 bits per heavy atom. The van der Waals surface area contributed by atoms with Crippen LogP contribution in [0.25, 0.3) is 0 Å². The number of benzene rings is 2. The fourth-order valence-electron chi connectivity index (χ4n) is 2.44. The van der Waals surface area contributed by atoms with Gasteiger partial charge in [-0.2, -0.15) is 0 Å². The van der Waals surface area contributed by atoms with Gasteiger partial charge in [0.1, 0.15) is 5.82 Å². The molecular formula is C19H24FN3O3S. The SMILES string of the molecule is Cc1cc(CNC(=O)NCc2cccc(S(=O)(=O)NC(C)C)c2)ccc1F. The van der Waals surface area contributed by atoms with E-state index in [-0.39, 0.29) is 29.8 Å². The van der Waals surface area contributed by atoms with Crippen LogP contribution < -0.4 is 15.4 Å². The largest absolute Gasteiger partial charge is 0.334 e. The lowest BCUT2D eigenvalue weighted by Crippen LogP contribution is -2.34. The maximum Gasteiger partial charge on any atom is 0.315 e. The Morgan fingerprint density at radius 2 is 1.67 bits per heavy atom. The number of carbonyl (C=O) groups excluding carboxylic acids is 1. The Balaban J connectivity index is 1.91. The average Bonchev–Trinajstić information content (AvgIpc) is 2.60.